The zero-order valence-electron chi connectivity index (χ0n) is 15.2. The minimum atomic E-state index is -0.976. The molecule has 0 spiro atoms. The average molecular weight is 370 g/mol. The summed E-state index contributed by atoms with van der Waals surface area (Å²) in [6, 6.07) is 23.4. The highest BCUT2D eigenvalue weighted by Crippen LogP contribution is 2.30. The number of imidazole rings is 1. The number of nitrogens with zero attached hydrogens (tertiary/aromatic N) is 2. The highest BCUT2D eigenvalue weighted by atomic mass is 16.5. The van der Waals surface area contributed by atoms with Crippen molar-refractivity contribution in [1.82, 2.24) is 9.55 Å². The number of hydrogen-bond donors (Lipinski definition) is 1. The molecule has 0 saturated carbocycles. The molecule has 5 nitrogen and oxygen atoms in total. The van der Waals surface area contributed by atoms with Crippen LogP contribution in [0.5, 0.6) is 5.75 Å². The van der Waals surface area contributed by atoms with Crippen LogP contribution in [0.25, 0.3) is 34.2 Å². The van der Waals surface area contributed by atoms with Crippen LogP contribution in [0.2, 0.25) is 0 Å². The molecule has 0 radical (unpaired) electrons. The molecule has 1 heterocycles. The first-order valence-corrected chi connectivity index (χ1v) is 8.79. The van der Waals surface area contributed by atoms with Crippen LogP contribution < -0.4 is 4.74 Å². The monoisotopic (exact) mass is 370 g/mol. The van der Waals surface area contributed by atoms with Gasteiger partial charge in [-0.05, 0) is 54.1 Å². The van der Waals surface area contributed by atoms with Crippen LogP contribution >= 0.6 is 0 Å². The fourth-order valence-electron chi connectivity index (χ4n) is 3.16. The van der Waals surface area contributed by atoms with E-state index in [1.54, 1.807) is 13.2 Å². The Balaban J connectivity index is 1.90. The molecule has 1 N–H and O–H groups in total. The van der Waals surface area contributed by atoms with Gasteiger partial charge in [-0.2, -0.15) is 0 Å². The van der Waals surface area contributed by atoms with Gasteiger partial charge in [0.15, 0.2) is 0 Å². The maximum Gasteiger partial charge on any atom is 0.328 e. The minimum absolute atomic E-state index is 0.788. The second kappa shape index (κ2) is 7.40. The molecule has 0 saturated heterocycles. The van der Waals surface area contributed by atoms with Crippen LogP contribution in [0.4, 0.5) is 0 Å². The first-order valence-electron chi connectivity index (χ1n) is 8.79. The van der Waals surface area contributed by atoms with Crippen molar-refractivity contribution in [3.63, 3.8) is 0 Å². The molecule has 5 heteroatoms. The van der Waals surface area contributed by atoms with Crippen LogP contribution in [0, 0.1) is 0 Å². The van der Waals surface area contributed by atoms with Gasteiger partial charge in [0.25, 0.3) is 0 Å². The molecule has 0 aliphatic carbocycles. The number of methoxy groups -OCH3 is 1. The van der Waals surface area contributed by atoms with Crippen LogP contribution in [0.3, 0.4) is 0 Å². The van der Waals surface area contributed by atoms with Crippen LogP contribution in [-0.4, -0.2) is 27.7 Å². The molecule has 28 heavy (non-hydrogen) atoms. The number of para-hydroxylation sites is 2. The van der Waals surface area contributed by atoms with Gasteiger partial charge in [0, 0.05) is 17.3 Å². The van der Waals surface area contributed by atoms with Gasteiger partial charge in [-0.15, -0.1) is 0 Å². The Morgan fingerprint density at radius 2 is 1.82 bits per heavy atom. The maximum atomic E-state index is 10.8. The number of aromatic nitrogens is 2. The molecule has 0 unspecified atom stereocenters. The van der Waals surface area contributed by atoms with E-state index in [2.05, 4.69) is 4.57 Å². The number of carboxylic acid groups (broad SMARTS) is 1. The fourth-order valence-corrected chi connectivity index (χ4v) is 3.16. The molecular formula is C23H18N2O3. The molecule has 3 aromatic carbocycles. The summed E-state index contributed by atoms with van der Waals surface area (Å²) in [6.45, 7) is 0. The number of carboxylic acids is 1. The Bertz CT molecular complexity index is 1170. The Hall–Kier alpha value is -3.86. The maximum absolute atomic E-state index is 10.8. The molecule has 0 bridgehead atoms. The second-order valence-electron chi connectivity index (χ2n) is 6.25. The smallest absolute Gasteiger partial charge is 0.328 e. The van der Waals surface area contributed by atoms with E-state index < -0.39 is 5.97 Å². The van der Waals surface area contributed by atoms with Crippen molar-refractivity contribution in [1.29, 1.82) is 0 Å². The lowest BCUT2D eigenvalue weighted by molar-refractivity contribution is -0.131. The third-order valence-corrected chi connectivity index (χ3v) is 4.45. The molecular weight excluding hydrogens is 352 g/mol. The topological polar surface area (TPSA) is 64.3 Å². The lowest BCUT2D eigenvalue weighted by Crippen LogP contribution is -1.98. The predicted molar refractivity (Wildman–Crippen MR) is 110 cm³/mol. The van der Waals surface area contributed by atoms with Gasteiger partial charge in [0.05, 0.1) is 18.1 Å². The van der Waals surface area contributed by atoms with Crippen LogP contribution in [0.15, 0.2) is 78.9 Å². The van der Waals surface area contributed by atoms with E-state index in [-0.39, 0.29) is 0 Å². The number of rotatable bonds is 5. The van der Waals surface area contributed by atoms with E-state index in [0.717, 1.165) is 45.5 Å². The van der Waals surface area contributed by atoms with Crippen LogP contribution in [0.1, 0.15) is 5.56 Å². The van der Waals surface area contributed by atoms with Crippen molar-refractivity contribution >= 4 is 23.1 Å². The largest absolute Gasteiger partial charge is 0.497 e. The number of fused-ring (bicyclic) bond motifs is 1. The molecule has 0 aliphatic rings. The number of carbonyl (C=O) groups is 1. The van der Waals surface area contributed by atoms with Crippen molar-refractivity contribution in [3.05, 3.63) is 84.4 Å². The second-order valence-corrected chi connectivity index (χ2v) is 6.25. The molecule has 0 aliphatic heterocycles. The first kappa shape index (κ1) is 17.5. The van der Waals surface area contributed by atoms with E-state index in [0.29, 0.717) is 0 Å². The summed E-state index contributed by atoms with van der Waals surface area (Å²) in [6.07, 6.45) is 2.71. The van der Waals surface area contributed by atoms with Crippen LogP contribution in [-0.2, 0) is 4.79 Å². The molecule has 138 valence electrons. The molecule has 4 aromatic rings. The minimum Gasteiger partial charge on any atom is -0.497 e. The fraction of sp³-hybridized carbons (Fsp3) is 0.0435. The van der Waals surface area contributed by atoms with E-state index in [4.69, 9.17) is 14.8 Å². The molecule has 0 atom stereocenters. The number of benzene rings is 3. The van der Waals surface area contributed by atoms with Crippen molar-refractivity contribution in [3.8, 4) is 22.8 Å². The molecule has 4 rings (SSSR count). The predicted octanol–water partition coefficient (Wildman–Crippen LogP) is 4.80. The summed E-state index contributed by atoms with van der Waals surface area (Å²) in [7, 11) is 1.64. The van der Waals surface area contributed by atoms with Gasteiger partial charge >= 0.3 is 5.97 Å². The zero-order valence-corrected chi connectivity index (χ0v) is 15.2. The Labute approximate surface area is 162 Å². The lowest BCUT2D eigenvalue weighted by Gasteiger charge is -2.11. The Morgan fingerprint density at radius 1 is 1.04 bits per heavy atom. The number of hydrogen-bond acceptors (Lipinski definition) is 3. The third kappa shape index (κ3) is 3.38. The van der Waals surface area contributed by atoms with Crippen molar-refractivity contribution < 1.29 is 14.6 Å². The highest BCUT2D eigenvalue weighted by Gasteiger charge is 2.14. The van der Waals surface area contributed by atoms with Gasteiger partial charge < -0.3 is 9.84 Å². The number of ether oxygens (including phenoxy) is 1. The summed E-state index contributed by atoms with van der Waals surface area (Å²) < 4.78 is 7.36. The van der Waals surface area contributed by atoms with Gasteiger partial charge in [-0.25, -0.2) is 9.78 Å². The first-order chi connectivity index (χ1) is 13.7. The lowest BCUT2D eigenvalue weighted by atomic mass is 10.1. The van der Waals surface area contributed by atoms with Gasteiger partial charge in [0.1, 0.15) is 11.6 Å². The summed E-state index contributed by atoms with van der Waals surface area (Å²) in [5.74, 6) is 0.600. The quantitative estimate of drug-likeness (QED) is 0.513. The Morgan fingerprint density at radius 3 is 2.57 bits per heavy atom. The SMILES string of the molecule is COc1ccc(-n2c(-c3cccc(/C=C/C(=O)O)c3)nc3ccccc32)cc1. The van der Waals surface area contributed by atoms with E-state index in [9.17, 15) is 4.79 Å². The van der Waals surface area contributed by atoms with Crippen molar-refractivity contribution in [2.75, 3.05) is 7.11 Å². The van der Waals surface area contributed by atoms with Gasteiger partial charge in [-0.1, -0.05) is 30.3 Å². The highest BCUT2D eigenvalue weighted by molar-refractivity contribution is 5.86. The third-order valence-electron chi connectivity index (χ3n) is 4.45. The zero-order chi connectivity index (χ0) is 19.5. The van der Waals surface area contributed by atoms with E-state index >= 15 is 0 Å². The normalized spacial score (nSPS) is 11.2. The van der Waals surface area contributed by atoms with E-state index in [1.807, 2.05) is 72.8 Å². The van der Waals surface area contributed by atoms with Gasteiger partial charge in [-0.3, -0.25) is 4.57 Å². The van der Waals surface area contributed by atoms with E-state index in [1.165, 1.54) is 0 Å². The standard InChI is InChI=1S/C23H18N2O3/c1-28-19-12-10-18(11-13-19)25-21-8-3-2-7-20(21)24-23(25)17-6-4-5-16(15-17)9-14-22(26)27/h2-15H,1H3,(H,26,27)/b14-9+. The summed E-state index contributed by atoms with van der Waals surface area (Å²) in [5, 5.41) is 8.88. The summed E-state index contributed by atoms with van der Waals surface area (Å²) >= 11 is 0. The molecule has 1 aromatic heterocycles. The molecule has 0 fully saturated rings. The van der Waals surface area contributed by atoms with Gasteiger partial charge in [0.2, 0.25) is 0 Å². The number of aliphatic carboxylic acids is 1. The average Bonchev–Trinajstić information content (AvgIpc) is 3.12. The summed E-state index contributed by atoms with van der Waals surface area (Å²) in [4.78, 5) is 15.7. The van der Waals surface area contributed by atoms with Crippen molar-refractivity contribution in [2.45, 2.75) is 0 Å². The molecule has 0 amide bonds. The summed E-state index contributed by atoms with van der Waals surface area (Å²) in [5.41, 5.74) is 4.55. The Kier molecular flexibility index (Phi) is 4.64. The van der Waals surface area contributed by atoms with Crippen molar-refractivity contribution in [2.24, 2.45) is 0 Å².